The summed E-state index contributed by atoms with van der Waals surface area (Å²) < 4.78 is 124. The van der Waals surface area contributed by atoms with Crippen molar-refractivity contribution in [2.24, 2.45) is 0 Å². The lowest BCUT2D eigenvalue weighted by Gasteiger charge is -2.46. The van der Waals surface area contributed by atoms with Crippen molar-refractivity contribution < 1.29 is 91.4 Å². The second-order valence-electron chi connectivity index (χ2n) is 7.43. The summed E-state index contributed by atoms with van der Waals surface area (Å²) in [7, 11) is -14.9. The van der Waals surface area contributed by atoms with Gasteiger partial charge in [0.05, 0.1) is 6.61 Å². The largest absolute Gasteiger partial charge is 0.479 e. The third-order valence-corrected chi connectivity index (χ3v) is 6.39. The highest BCUT2D eigenvalue weighted by Crippen LogP contribution is 2.32. The van der Waals surface area contributed by atoms with Gasteiger partial charge in [-0.15, -0.1) is 0 Å². The van der Waals surface area contributed by atoms with Gasteiger partial charge in [-0.25, -0.2) is 13.2 Å². The van der Waals surface area contributed by atoms with Gasteiger partial charge in [-0.05, 0) is 0 Å². The van der Waals surface area contributed by atoms with Crippen LogP contribution in [0.4, 0.5) is 0 Å². The zero-order valence-corrected chi connectivity index (χ0v) is 20.6. The van der Waals surface area contributed by atoms with E-state index < -0.39 is 105 Å². The van der Waals surface area contributed by atoms with Gasteiger partial charge in [0, 0.05) is 7.11 Å². The molecule has 37 heavy (non-hydrogen) atoms. The van der Waals surface area contributed by atoms with E-state index in [1.165, 1.54) is 4.72 Å². The van der Waals surface area contributed by atoms with Gasteiger partial charge in [-0.3, -0.25) is 13.7 Å². The van der Waals surface area contributed by atoms with Crippen molar-refractivity contribution in [3.05, 3.63) is 0 Å². The van der Waals surface area contributed by atoms with Crippen molar-refractivity contribution in [1.82, 2.24) is 4.72 Å². The Balaban J connectivity index is 2.49. The molecule has 218 valence electrons. The van der Waals surface area contributed by atoms with Crippen LogP contribution in [0.25, 0.3) is 0 Å². The van der Waals surface area contributed by atoms with Crippen LogP contribution in [0.1, 0.15) is 0 Å². The van der Waals surface area contributed by atoms with Crippen LogP contribution in [0.2, 0.25) is 0 Å². The lowest BCUT2D eigenvalue weighted by molar-refractivity contribution is -0.337. The second-order valence-corrected chi connectivity index (χ2v) is 10.8. The molecule has 0 spiro atoms. The Morgan fingerprint density at radius 2 is 1.49 bits per heavy atom. The number of carboxylic acids is 1. The van der Waals surface area contributed by atoms with Crippen molar-refractivity contribution >= 4 is 37.1 Å². The van der Waals surface area contributed by atoms with E-state index in [0.29, 0.717) is 0 Å². The van der Waals surface area contributed by atoms with Crippen LogP contribution >= 0.6 is 0 Å². The topological polar surface area (TPSA) is 329 Å². The number of carbonyl (C=O) groups is 1. The SMILES string of the molecule is CO[C@@H]1C(C(=O)O)O[C@@H](O[C@H]2C(COS(=O)(=O)O)O[C@H](O)C(NS(=O)(=O)O)C2O)C(OS(=O)(=O)O)C1O. The second kappa shape index (κ2) is 11.9. The number of aliphatic hydroxyl groups excluding tert-OH is 3. The number of nitrogens with one attached hydrogen (secondary N) is 1. The Bertz CT molecular complexity index is 1120. The fourth-order valence-corrected chi connectivity index (χ4v) is 4.88. The van der Waals surface area contributed by atoms with Crippen LogP contribution in [-0.2, 0) is 63.2 Å². The molecule has 2 heterocycles. The number of aliphatic carboxylic acids is 1. The van der Waals surface area contributed by atoms with E-state index in [1.807, 2.05) is 0 Å². The van der Waals surface area contributed by atoms with Crippen molar-refractivity contribution in [2.75, 3.05) is 13.7 Å². The minimum atomic E-state index is -5.42. The molecule has 2 fully saturated rings. The Morgan fingerprint density at radius 3 is 1.95 bits per heavy atom. The zero-order chi connectivity index (χ0) is 28.5. The van der Waals surface area contributed by atoms with Gasteiger partial charge < -0.3 is 39.4 Å². The minimum Gasteiger partial charge on any atom is -0.479 e. The molecule has 0 saturated carbocycles. The molecule has 2 rings (SSSR count). The van der Waals surface area contributed by atoms with E-state index in [1.54, 1.807) is 0 Å². The third-order valence-electron chi connectivity index (χ3n) is 4.92. The van der Waals surface area contributed by atoms with Crippen LogP contribution in [0.5, 0.6) is 0 Å². The van der Waals surface area contributed by atoms with E-state index in [9.17, 15) is 50.5 Å². The van der Waals surface area contributed by atoms with E-state index in [4.69, 9.17) is 32.6 Å². The fraction of sp³-hybridized carbons (Fsp3) is 0.923. The highest BCUT2D eigenvalue weighted by atomic mass is 32.3. The first-order chi connectivity index (χ1) is 16.7. The van der Waals surface area contributed by atoms with Gasteiger partial charge in [0.25, 0.3) is 0 Å². The summed E-state index contributed by atoms with van der Waals surface area (Å²) in [5.41, 5.74) is 0. The van der Waals surface area contributed by atoms with Gasteiger partial charge >= 0.3 is 37.1 Å². The molecule has 0 aromatic rings. The number of rotatable bonds is 11. The highest BCUT2D eigenvalue weighted by Gasteiger charge is 2.55. The molecule has 8 N–H and O–H groups in total. The standard InChI is InChI=1S/C13H23NO20S3/c1-29-8-6(16)9(34-37(26,27)28)13(33-10(8)11(17)18)32-7-3(2-30-36(23,24)25)31-12(19)4(5(7)15)14-35(20,21)22/h3-10,12-16,19H,2H2,1H3,(H,17,18)(H,20,21,22)(H,23,24,25)(H,26,27,28)/t3?,4?,5?,6?,7-,8-,9?,10?,12-,13+/m0/s1. The summed E-state index contributed by atoms with van der Waals surface area (Å²) in [4.78, 5) is 11.6. The molecule has 21 nitrogen and oxygen atoms in total. The fourth-order valence-electron chi connectivity index (χ4n) is 3.48. The summed E-state index contributed by atoms with van der Waals surface area (Å²) >= 11 is 0. The molecular weight excluding hydrogens is 586 g/mol. The molecule has 24 heteroatoms. The predicted octanol–water partition coefficient (Wildman–Crippen LogP) is -5.60. The van der Waals surface area contributed by atoms with Crippen molar-refractivity contribution in [2.45, 2.75) is 61.3 Å². The average Bonchev–Trinajstić information content (AvgIpc) is 2.71. The van der Waals surface area contributed by atoms with Crippen molar-refractivity contribution in [3.8, 4) is 0 Å². The molecule has 0 aromatic heterocycles. The van der Waals surface area contributed by atoms with Crippen LogP contribution < -0.4 is 4.72 Å². The van der Waals surface area contributed by atoms with E-state index in [0.717, 1.165) is 7.11 Å². The molecule has 6 unspecified atom stereocenters. The summed E-state index contributed by atoms with van der Waals surface area (Å²) in [6.45, 7) is -1.27. The van der Waals surface area contributed by atoms with Crippen LogP contribution in [0.3, 0.4) is 0 Å². The van der Waals surface area contributed by atoms with E-state index >= 15 is 0 Å². The monoisotopic (exact) mass is 609 g/mol. The third kappa shape index (κ3) is 8.92. The maximum atomic E-state index is 11.6. The Labute approximate surface area is 208 Å². The Morgan fingerprint density at radius 1 is 0.892 bits per heavy atom. The quantitative estimate of drug-likeness (QED) is 0.101. The number of methoxy groups -OCH3 is 1. The normalized spacial score (nSPS) is 37.8. The van der Waals surface area contributed by atoms with Crippen molar-refractivity contribution in [1.29, 1.82) is 0 Å². The zero-order valence-electron chi connectivity index (χ0n) is 18.1. The highest BCUT2D eigenvalue weighted by molar-refractivity contribution is 7.83. The Kier molecular flexibility index (Phi) is 10.3. The summed E-state index contributed by atoms with van der Waals surface area (Å²) in [5, 5.41) is 40.5. The molecule has 2 aliphatic heterocycles. The van der Waals surface area contributed by atoms with Gasteiger partial charge in [-0.2, -0.15) is 30.0 Å². The smallest absolute Gasteiger partial charge is 0.397 e. The summed E-state index contributed by atoms with van der Waals surface area (Å²) in [5.74, 6) is -1.79. The molecule has 0 radical (unpaired) electrons. The van der Waals surface area contributed by atoms with E-state index in [2.05, 4.69) is 8.37 Å². The maximum absolute atomic E-state index is 11.6. The van der Waals surface area contributed by atoms with E-state index in [-0.39, 0.29) is 0 Å². The molecule has 0 bridgehead atoms. The summed E-state index contributed by atoms with van der Waals surface area (Å²) in [6, 6.07) is -2.17. The molecule has 2 saturated heterocycles. The first kappa shape index (κ1) is 32.0. The van der Waals surface area contributed by atoms with Gasteiger partial charge in [0.15, 0.2) is 24.8 Å². The summed E-state index contributed by atoms with van der Waals surface area (Å²) in [6.07, 6.45) is -19.8. The molecule has 0 amide bonds. The van der Waals surface area contributed by atoms with Gasteiger partial charge in [-0.1, -0.05) is 0 Å². The average molecular weight is 610 g/mol. The molecule has 2 aliphatic rings. The lowest BCUT2D eigenvalue weighted by Crippen LogP contribution is -2.68. The maximum Gasteiger partial charge on any atom is 0.397 e. The van der Waals surface area contributed by atoms with Gasteiger partial charge in [0.2, 0.25) is 0 Å². The number of aliphatic hydroxyl groups is 3. The molecular formula is C13H23NO20S3. The molecule has 10 atom stereocenters. The van der Waals surface area contributed by atoms with Crippen LogP contribution in [-0.4, -0.2) is 140 Å². The first-order valence-corrected chi connectivity index (χ1v) is 13.7. The first-order valence-electron chi connectivity index (χ1n) is 9.52. The minimum absolute atomic E-state index is 0.896. The number of carboxylic acid groups (broad SMARTS) is 1. The van der Waals surface area contributed by atoms with Crippen molar-refractivity contribution in [3.63, 3.8) is 0 Å². The van der Waals surface area contributed by atoms with Crippen LogP contribution in [0, 0.1) is 0 Å². The number of hydrogen-bond donors (Lipinski definition) is 8. The van der Waals surface area contributed by atoms with Crippen LogP contribution in [0.15, 0.2) is 0 Å². The molecule has 0 aromatic carbocycles. The van der Waals surface area contributed by atoms with Gasteiger partial charge in [0.1, 0.15) is 36.6 Å². The lowest BCUT2D eigenvalue weighted by atomic mass is 9.96. The Hall–Kier alpha value is -1.20. The number of hydrogen-bond acceptors (Lipinski definition) is 16. The number of ether oxygens (including phenoxy) is 4. The molecule has 0 aliphatic carbocycles. The predicted molar refractivity (Wildman–Crippen MR) is 107 cm³/mol.